The van der Waals surface area contributed by atoms with E-state index >= 15 is 0 Å². The normalized spacial score (nSPS) is 22.6. The number of hydrogen-bond donors (Lipinski definition) is 2. The molecule has 268 valence electrons. The maximum absolute atomic E-state index is 12.4. The first kappa shape index (κ1) is 37.4. The number of aliphatic hydroxyl groups is 1. The topological polar surface area (TPSA) is 76.4 Å². The summed E-state index contributed by atoms with van der Waals surface area (Å²) < 4.78 is 0. The van der Waals surface area contributed by atoms with Crippen LogP contribution in [-0.2, 0) is 15.6 Å². The van der Waals surface area contributed by atoms with Crippen molar-refractivity contribution in [3.05, 3.63) is 105 Å². The summed E-state index contributed by atoms with van der Waals surface area (Å²) in [5.74, 6) is -1.01. The predicted octanol–water partition coefficient (Wildman–Crippen LogP) is 9.88. The standard InChI is InChI=1S/C44H59N3O3/c1-9-11-25-46-37-20-16-30(3)28-34(37)43(5,6)39(46)22-18-32-14-13-15-33(41(32)45-36(24-27-48)42(49)50)19-23-40-44(7,8)35-29-31(4)17-21-38(35)47(40)26-12-10-2/h16-23,28-29,36,48H,9-15,24-27H2,1-8H3,(H,49,50)/b32-18+,33-19?,39-22-,40-23?,45-41?. The Hall–Kier alpha value is -3.90. The number of aliphatic carboxylic acids is 1. The van der Waals surface area contributed by atoms with Gasteiger partial charge in [-0.15, -0.1) is 0 Å². The van der Waals surface area contributed by atoms with E-state index in [4.69, 9.17) is 4.99 Å². The first-order valence-electron chi connectivity index (χ1n) is 18.9. The number of carbonyl (C=O) groups is 1. The number of unbranched alkanes of at least 4 members (excludes halogenated alkanes) is 2. The Labute approximate surface area is 301 Å². The molecule has 5 rings (SSSR count). The number of aryl methyl sites for hydroxylation is 2. The third-order valence-electron chi connectivity index (χ3n) is 10.9. The van der Waals surface area contributed by atoms with Crippen molar-refractivity contribution < 1.29 is 15.0 Å². The van der Waals surface area contributed by atoms with Crippen LogP contribution >= 0.6 is 0 Å². The van der Waals surface area contributed by atoms with Crippen molar-refractivity contribution in [2.75, 3.05) is 29.5 Å². The number of rotatable bonds is 12. The second kappa shape index (κ2) is 15.6. The Morgan fingerprint density at radius 2 is 1.26 bits per heavy atom. The van der Waals surface area contributed by atoms with Crippen LogP contribution in [0.2, 0.25) is 0 Å². The van der Waals surface area contributed by atoms with Gasteiger partial charge in [0.25, 0.3) is 0 Å². The van der Waals surface area contributed by atoms with Gasteiger partial charge in [0.05, 0.1) is 5.71 Å². The van der Waals surface area contributed by atoms with Gasteiger partial charge >= 0.3 is 5.97 Å². The summed E-state index contributed by atoms with van der Waals surface area (Å²) in [6, 6.07) is 12.6. The van der Waals surface area contributed by atoms with Crippen molar-refractivity contribution in [3.63, 3.8) is 0 Å². The van der Waals surface area contributed by atoms with Gasteiger partial charge in [-0.25, -0.2) is 4.79 Å². The van der Waals surface area contributed by atoms with Crippen LogP contribution in [0.3, 0.4) is 0 Å². The van der Waals surface area contributed by atoms with E-state index in [1.54, 1.807) is 0 Å². The van der Waals surface area contributed by atoms with Crippen LogP contribution in [0.5, 0.6) is 0 Å². The second-order valence-electron chi connectivity index (χ2n) is 15.5. The SMILES string of the molecule is CCCCN1C(=CC=C2CCC/C(=C\C=C3/N(CCCC)c4ccc(C)cc4C3(C)C)C2=NC(CCO)C(=O)O)C(C)(C)c2cc(C)ccc21. The lowest BCUT2D eigenvalue weighted by Crippen LogP contribution is -2.27. The molecule has 6 nitrogen and oxygen atoms in total. The highest BCUT2D eigenvalue weighted by Gasteiger charge is 2.41. The molecule has 2 aromatic carbocycles. The van der Waals surface area contributed by atoms with Gasteiger partial charge in [-0.05, 0) is 92.5 Å². The molecule has 2 N–H and O–H groups in total. The van der Waals surface area contributed by atoms with Crippen LogP contribution in [0.4, 0.5) is 11.4 Å². The zero-order valence-corrected chi connectivity index (χ0v) is 31.8. The van der Waals surface area contributed by atoms with Crippen molar-refractivity contribution in [1.29, 1.82) is 0 Å². The average molecular weight is 678 g/mol. The highest BCUT2D eigenvalue weighted by molar-refractivity contribution is 6.14. The summed E-state index contributed by atoms with van der Waals surface area (Å²) >= 11 is 0. The molecule has 2 heterocycles. The number of fused-ring (bicyclic) bond motifs is 2. The first-order chi connectivity index (χ1) is 23.8. The van der Waals surface area contributed by atoms with Crippen molar-refractivity contribution in [1.82, 2.24) is 0 Å². The number of aliphatic hydroxyl groups excluding tert-OH is 1. The molecule has 0 radical (unpaired) electrons. The van der Waals surface area contributed by atoms with Gasteiger partial charge in [-0.2, -0.15) is 0 Å². The van der Waals surface area contributed by atoms with E-state index in [9.17, 15) is 15.0 Å². The second-order valence-corrected chi connectivity index (χ2v) is 15.5. The van der Waals surface area contributed by atoms with Crippen LogP contribution in [-0.4, -0.2) is 47.6 Å². The van der Waals surface area contributed by atoms with Gasteiger partial charge < -0.3 is 20.0 Å². The molecule has 0 aromatic heterocycles. The number of aliphatic imine (C=N–C) groups is 1. The van der Waals surface area contributed by atoms with Crippen LogP contribution in [0.15, 0.2) is 88.2 Å². The van der Waals surface area contributed by atoms with Crippen LogP contribution in [0.1, 0.15) is 115 Å². The molecule has 0 bridgehead atoms. The van der Waals surface area contributed by atoms with Crippen molar-refractivity contribution in [2.24, 2.45) is 4.99 Å². The van der Waals surface area contributed by atoms with E-state index in [0.717, 1.165) is 74.9 Å². The molecule has 1 saturated carbocycles. The summed E-state index contributed by atoms with van der Waals surface area (Å²) in [5, 5.41) is 19.9. The molecule has 50 heavy (non-hydrogen) atoms. The molecule has 2 aromatic rings. The lowest BCUT2D eigenvalue weighted by molar-refractivity contribution is -0.138. The lowest BCUT2D eigenvalue weighted by atomic mass is 9.82. The average Bonchev–Trinajstić information content (AvgIpc) is 3.41. The number of allylic oxidation sites excluding steroid dienone is 8. The predicted molar refractivity (Wildman–Crippen MR) is 210 cm³/mol. The van der Waals surface area contributed by atoms with E-state index < -0.39 is 12.0 Å². The molecule has 1 atom stereocenters. The minimum atomic E-state index is -1.01. The minimum absolute atomic E-state index is 0.0839. The van der Waals surface area contributed by atoms with Crippen molar-refractivity contribution >= 4 is 23.1 Å². The van der Waals surface area contributed by atoms with Gasteiger partial charge in [-0.1, -0.05) is 102 Å². The van der Waals surface area contributed by atoms with Gasteiger partial charge in [-0.3, -0.25) is 4.99 Å². The highest BCUT2D eigenvalue weighted by atomic mass is 16.4. The lowest BCUT2D eigenvalue weighted by Gasteiger charge is -2.28. The van der Waals surface area contributed by atoms with E-state index in [1.807, 2.05) is 0 Å². The molecule has 3 aliphatic rings. The van der Waals surface area contributed by atoms with E-state index in [1.165, 1.54) is 45.0 Å². The summed E-state index contributed by atoms with van der Waals surface area (Å²) in [4.78, 5) is 22.3. The van der Waals surface area contributed by atoms with Gasteiger partial charge in [0.1, 0.15) is 6.04 Å². The Bertz CT molecular complexity index is 1630. The number of carboxylic acids is 1. The van der Waals surface area contributed by atoms with Crippen LogP contribution < -0.4 is 9.80 Å². The van der Waals surface area contributed by atoms with Gasteiger partial charge in [0, 0.05) is 59.7 Å². The van der Waals surface area contributed by atoms with E-state index in [0.29, 0.717) is 0 Å². The molecule has 6 heteroatoms. The van der Waals surface area contributed by atoms with Crippen LogP contribution in [0, 0.1) is 13.8 Å². The fourth-order valence-electron chi connectivity index (χ4n) is 7.98. The summed E-state index contributed by atoms with van der Waals surface area (Å²) in [5.41, 5.74) is 12.8. The molecule has 2 aliphatic heterocycles. The fourth-order valence-corrected chi connectivity index (χ4v) is 7.98. The monoisotopic (exact) mass is 677 g/mol. The quantitative estimate of drug-likeness (QED) is 0.234. The Morgan fingerprint density at radius 3 is 1.66 bits per heavy atom. The van der Waals surface area contributed by atoms with E-state index in [2.05, 4.69) is 126 Å². The Morgan fingerprint density at radius 1 is 0.800 bits per heavy atom. The molecule has 0 saturated heterocycles. The fraction of sp³-hybridized carbons (Fsp3) is 0.500. The third-order valence-corrected chi connectivity index (χ3v) is 10.9. The van der Waals surface area contributed by atoms with Crippen molar-refractivity contribution in [3.8, 4) is 0 Å². The largest absolute Gasteiger partial charge is 0.480 e. The summed E-state index contributed by atoms with van der Waals surface area (Å²) in [7, 11) is 0. The maximum atomic E-state index is 12.4. The molecule has 1 aliphatic carbocycles. The molecule has 1 unspecified atom stereocenters. The molecule has 0 spiro atoms. The molecule has 1 fully saturated rings. The third kappa shape index (κ3) is 7.42. The van der Waals surface area contributed by atoms with Gasteiger partial charge in [0.15, 0.2) is 0 Å². The molecular formula is C44H59N3O3. The van der Waals surface area contributed by atoms with E-state index in [-0.39, 0.29) is 23.9 Å². The van der Waals surface area contributed by atoms with Crippen molar-refractivity contribution in [2.45, 2.75) is 124 Å². The maximum Gasteiger partial charge on any atom is 0.328 e. The molecular weight excluding hydrogens is 619 g/mol. The number of hydrogen-bond acceptors (Lipinski definition) is 5. The Kier molecular flexibility index (Phi) is 11.6. The van der Waals surface area contributed by atoms with Gasteiger partial charge in [0.2, 0.25) is 0 Å². The number of carboxylic acid groups (broad SMARTS) is 1. The van der Waals surface area contributed by atoms with Crippen LogP contribution in [0.25, 0.3) is 0 Å². The Balaban J connectivity index is 1.62. The highest BCUT2D eigenvalue weighted by Crippen LogP contribution is 2.49. The number of anilines is 2. The first-order valence-corrected chi connectivity index (χ1v) is 18.9. The minimum Gasteiger partial charge on any atom is -0.480 e. The summed E-state index contributed by atoms with van der Waals surface area (Å²) in [6.45, 7) is 19.7. The zero-order valence-electron chi connectivity index (χ0n) is 31.8. The number of benzene rings is 2. The number of nitrogens with zero attached hydrogens (tertiary/aromatic N) is 3. The summed E-state index contributed by atoms with van der Waals surface area (Å²) in [6.07, 6.45) is 16.1. The molecule has 0 amide bonds. The smallest absolute Gasteiger partial charge is 0.328 e. The zero-order chi connectivity index (χ0) is 36.2.